The van der Waals surface area contributed by atoms with Crippen LogP contribution in [0.2, 0.25) is 0 Å². The van der Waals surface area contributed by atoms with Crippen LogP contribution in [-0.4, -0.2) is 9.38 Å². The zero-order valence-corrected chi connectivity index (χ0v) is 9.92. The molecule has 2 aromatic heterocycles. The van der Waals surface area contributed by atoms with Gasteiger partial charge in [-0.1, -0.05) is 36.4 Å². The molecule has 88 valence electrons. The quantitative estimate of drug-likeness (QED) is 0.652. The molecule has 0 spiro atoms. The van der Waals surface area contributed by atoms with Gasteiger partial charge in [-0.15, -0.1) is 0 Å². The van der Waals surface area contributed by atoms with Crippen molar-refractivity contribution in [2.75, 3.05) is 0 Å². The first-order chi connectivity index (χ1) is 9.18. The summed E-state index contributed by atoms with van der Waals surface area (Å²) >= 11 is 0. The molecular formula is C15H12N2O. The molecule has 0 aliphatic rings. The molecule has 0 amide bonds. The Kier molecular flexibility index (Phi) is 2.19. The van der Waals surface area contributed by atoms with Gasteiger partial charge in [-0.2, -0.15) is 4.98 Å². The molecular weight excluding hydrogens is 224 g/mol. The molecule has 0 fully saturated rings. The summed E-state index contributed by atoms with van der Waals surface area (Å²) in [5.74, 6) is 0. The Morgan fingerprint density at radius 2 is 1.94 bits per heavy atom. The van der Waals surface area contributed by atoms with Crippen molar-refractivity contribution < 1.29 is 1.37 Å². The molecule has 2 heterocycles. The van der Waals surface area contributed by atoms with Gasteiger partial charge in [-0.25, -0.2) is 0 Å². The van der Waals surface area contributed by atoms with Gasteiger partial charge in [0.2, 0.25) is 0 Å². The van der Waals surface area contributed by atoms with Crippen molar-refractivity contribution in [2.45, 2.75) is 6.92 Å². The molecule has 0 bridgehead atoms. The molecule has 1 aromatic carbocycles. The van der Waals surface area contributed by atoms with Gasteiger partial charge in [0, 0.05) is 12.2 Å². The number of aromatic nitrogens is 2. The number of nitrogens with zero attached hydrogens (tertiary/aromatic N) is 2. The monoisotopic (exact) mass is 237 g/mol. The summed E-state index contributed by atoms with van der Waals surface area (Å²) < 4.78 is 9.79. The maximum absolute atomic E-state index is 11.9. The lowest BCUT2D eigenvalue weighted by molar-refractivity contribution is 1.07. The number of pyridine rings is 1. The highest BCUT2D eigenvalue weighted by molar-refractivity contribution is 5.63. The van der Waals surface area contributed by atoms with Crippen molar-refractivity contribution in [3.8, 4) is 11.3 Å². The molecule has 3 rings (SSSR count). The Hall–Kier alpha value is -2.42. The van der Waals surface area contributed by atoms with E-state index in [-0.39, 0.29) is 6.04 Å². The van der Waals surface area contributed by atoms with Crippen LogP contribution in [0.5, 0.6) is 0 Å². The summed E-state index contributed by atoms with van der Waals surface area (Å²) in [5, 5.41) is 0. The van der Waals surface area contributed by atoms with E-state index in [9.17, 15) is 4.79 Å². The maximum Gasteiger partial charge on any atom is 0.273 e. The fourth-order valence-electron chi connectivity index (χ4n) is 2.02. The van der Waals surface area contributed by atoms with Crippen LogP contribution in [0.3, 0.4) is 0 Å². The predicted octanol–water partition coefficient (Wildman–Crippen LogP) is 2.67. The highest BCUT2D eigenvalue weighted by Gasteiger charge is 2.06. The van der Waals surface area contributed by atoms with E-state index < -0.39 is 5.56 Å². The third kappa shape index (κ3) is 1.70. The smallest absolute Gasteiger partial charge is 0.273 e. The largest absolute Gasteiger partial charge is 0.301 e. The summed E-state index contributed by atoms with van der Waals surface area (Å²) in [7, 11) is 0. The van der Waals surface area contributed by atoms with Crippen LogP contribution in [0.25, 0.3) is 16.9 Å². The number of fused-ring (bicyclic) bond motifs is 1. The molecule has 3 aromatic rings. The zero-order chi connectivity index (χ0) is 13.4. The van der Waals surface area contributed by atoms with Crippen molar-refractivity contribution in [3.05, 3.63) is 70.6 Å². The molecule has 3 heteroatoms. The highest BCUT2D eigenvalue weighted by atomic mass is 16.1. The van der Waals surface area contributed by atoms with E-state index in [4.69, 9.17) is 1.37 Å². The summed E-state index contributed by atoms with van der Waals surface area (Å²) in [6.45, 7) is 1.90. The first kappa shape index (κ1) is 9.59. The second kappa shape index (κ2) is 4.11. The minimum absolute atomic E-state index is 0.0747. The molecule has 0 saturated carbocycles. The molecule has 0 aliphatic carbocycles. The first-order valence-corrected chi connectivity index (χ1v) is 5.72. The number of hydrogen-bond donors (Lipinski definition) is 0. The second-order valence-electron chi connectivity index (χ2n) is 4.14. The van der Waals surface area contributed by atoms with Gasteiger partial charge in [-0.3, -0.25) is 4.79 Å². The van der Waals surface area contributed by atoms with Gasteiger partial charge in [0.1, 0.15) is 5.65 Å². The molecule has 0 radical (unpaired) electrons. The third-order valence-corrected chi connectivity index (χ3v) is 2.88. The SMILES string of the molecule is [2H]c1c(-c2ccccc2)n2cccc(C)c2nc1=O. The molecule has 18 heavy (non-hydrogen) atoms. The minimum Gasteiger partial charge on any atom is -0.301 e. The van der Waals surface area contributed by atoms with Crippen LogP contribution in [-0.2, 0) is 0 Å². The zero-order valence-electron chi connectivity index (χ0n) is 10.9. The fourth-order valence-corrected chi connectivity index (χ4v) is 2.02. The Balaban J connectivity index is 2.50. The number of rotatable bonds is 1. The van der Waals surface area contributed by atoms with Crippen LogP contribution in [0.4, 0.5) is 0 Å². The van der Waals surface area contributed by atoms with Crippen molar-refractivity contribution in [1.82, 2.24) is 9.38 Å². The van der Waals surface area contributed by atoms with Gasteiger partial charge in [0.25, 0.3) is 5.56 Å². The standard InChI is InChI=1S/C15H12N2O/c1-11-6-5-9-17-13(10-14(18)16-15(11)17)12-7-3-2-4-8-12/h2-10H,1H3/i10D. The van der Waals surface area contributed by atoms with Crippen molar-refractivity contribution in [1.29, 1.82) is 0 Å². The van der Waals surface area contributed by atoms with E-state index in [1.54, 1.807) is 4.40 Å². The van der Waals surface area contributed by atoms with Crippen LogP contribution < -0.4 is 5.56 Å². The van der Waals surface area contributed by atoms with Gasteiger partial charge >= 0.3 is 0 Å². The van der Waals surface area contributed by atoms with Crippen LogP contribution >= 0.6 is 0 Å². The van der Waals surface area contributed by atoms with E-state index in [2.05, 4.69) is 4.98 Å². The van der Waals surface area contributed by atoms with Crippen LogP contribution in [0.15, 0.2) is 59.5 Å². The van der Waals surface area contributed by atoms with E-state index in [1.807, 2.05) is 55.6 Å². The van der Waals surface area contributed by atoms with E-state index >= 15 is 0 Å². The number of hydrogen-bond acceptors (Lipinski definition) is 2. The average Bonchev–Trinajstić information content (AvgIpc) is 2.42. The minimum atomic E-state index is -0.492. The predicted molar refractivity (Wildman–Crippen MR) is 71.6 cm³/mol. The molecule has 0 atom stereocenters. The van der Waals surface area contributed by atoms with Gasteiger partial charge < -0.3 is 4.40 Å². The number of aryl methyl sites for hydroxylation is 1. The summed E-state index contributed by atoms with van der Waals surface area (Å²) in [5.41, 5.74) is 2.44. The summed E-state index contributed by atoms with van der Waals surface area (Å²) in [6.07, 6.45) is 1.83. The molecule has 3 nitrogen and oxygen atoms in total. The highest BCUT2D eigenvalue weighted by Crippen LogP contribution is 2.19. The molecule has 0 N–H and O–H groups in total. The van der Waals surface area contributed by atoms with Crippen molar-refractivity contribution in [3.63, 3.8) is 0 Å². The van der Waals surface area contributed by atoms with Crippen LogP contribution in [0.1, 0.15) is 6.93 Å². The first-order valence-electron chi connectivity index (χ1n) is 6.22. The van der Waals surface area contributed by atoms with Gasteiger partial charge in [0.15, 0.2) is 0 Å². The molecule has 0 aliphatic heterocycles. The lowest BCUT2D eigenvalue weighted by Crippen LogP contribution is -2.10. The summed E-state index contributed by atoms with van der Waals surface area (Å²) in [6, 6.07) is 13.2. The second-order valence-corrected chi connectivity index (χ2v) is 4.14. The number of benzene rings is 1. The molecule has 0 saturated heterocycles. The van der Waals surface area contributed by atoms with E-state index in [1.165, 1.54) is 0 Å². The van der Waals surface area contributed by atoms with Crippen LogP contribution in [0, 0.1) is 6.92 Å². The maximum atomic E-state index is 11.9. The van der Waals surface area contributed by atoms with E-state index in [0.29, 0.717) is 11.3 Å². The van der Waals surface area contributed by atoms with Crippen molar-refractivity contribution in [2.24, 2.45) is 0 Å². The topological polar surface area (TPSA) is 34.4 Å². The lowest BCUT2D eigenvalue weighted by atomic mass is 10.1. The Morgan fingerprint density at radius 3 is 2.72 bits per heavy atom. The normalized spacial score (nSPS) is 11.5. The van der Waals surface area contributed by atoms with Gasteiger partial charge in [0.05, 0.1) is 7.06 Å². The Bertz CT molecular complexity index is 809. The lowest BCUT2D eigenvalue weighted by Gasteiger charge is -2.09. The molecule has 0 unspecified atom stereocenters. The van der Waals surface area contributed by atoms with E-state index in [0.717, 1.165) is 11.1 Å². The average molecular weight is 237 g/mol. The van der Waals surface area contributed by atoms with Crippen molar-refractivity contribution >= 4 is 5.65 Å². The fraction of sp³-hybridized carbons (Fsp3) is 0.0667. The summed E-state index contributed by atoms with van der Waals surface area (Å²) in [4.78, 5) is 15.8. The van der Waals surface area contributed by atoms with Gasteiger partial charge in [-0.05, 0) is 24.1 Å². The Labute approximate surface area is 106 Å². The Morgan fingerprint density at radius 1 is 1.17 bits per heavy atom. The third-order valence-electron chi connectivity index (χ3n) is 2.88.